The van der Waals surface area contributed by atoms with Crippen LogP contribution in [0.3, 0.4) is 0 Å². The first-order valence-electron chi connectivity index (χ1n) is 4.94. The molecule has 1 heterocycles. The van der Waals surface area contributed by atoms with Crippen LogP contribution in [-0.2, 0) is 9.53 Å². The summed E-state index contributed by atoms with van der Waals surface area (Å²) in [7, 11) is 0. The molecule has 1 aromatic rings. The van der Waals surface area contributed by atoms with E-state index in [9.17, 15) is 13.6 Å². The van der Waals surface area contributed by atoms with Gasteiger partial charge in [-0.15, -0.1) is 0 Å². The molecular formula is C11H11F2NO2. The average molecular weight is 227 g/mol. The Kier molecular flexibility index (Phi) is 3.14. The zero-order valence-electron chi connectivity index (χ0n) is 8.53. The van der Waals surface area contributed by atoms with Crippen molar-refractivity contribution in [2.75, 3.05) is 24.7 Å². The van der Waals surface area contributed by atoms with Gasteiger partial charge >= 0.3 is 0 Å². The molecule has 0 atom stereocenters. The zero-order valence-corrected chi connectivity index (χ0v) is 8.53. The highest BCUT2D eigenvalue weighted by Crippen LogP contribution is 2.24. The molecule has 0 saturated carbocycles. The van der Waals surface area contributed by atoms with Gasteiger partial charge in [-0.05, 0) is 12.1 Å². The van der Waals surface area contributed by atoms with Crippen molar-refractivity contribution in [3.63, 3.8) is 0 Å². The van der Waals surface area contributed by atoms with E-state index >= 15 is 0 Å². The van der Waals surface area contributed by atoms with Crippen LogP contribution in [0.15, 0.2) is 24.3 Å². The molecular weight excluding hydrogens is 216 g/mol. The third-order valence-electron chi connectivity index (χ3n) is 2.42. The first kappa shape index (κ1) is 11.0. The number of halogens is 2. The van der Waals surface area contributed by atoms with E-state index in [2.05, 4.69) is 0 Å². The summed E-state index contributed by atoms with van der Waals surface area (Å²) in [4.78, 5) is 13.0. The second kappa shape index (κ2) is 4.57. The Labute approximate surface area is 91.6 Å². The molecule has 1 saturated heterocycles. The minimum Gasteiger partial charge on any atom is -0.370 e. The molecule has 0 radical (unpaired) electrons. The number of amides is 1. The van der Waals surface area contributed by atoms with Crippen molar-refractivity contribution < 1.29 is 18.3 Å². The van der Waals surface area contributed by atoms with Crippen LogP contribution in [0, 0.1) is 0 Å². The average Bonchev–Trinajstić information content (AvgIpc) is 2.30. The molecule has 2 rings (SSSR count). The van der Waals surface area contributed by atoms with Crippen LogP contribution >= 0.6 is 0 Å². The number of hydrogen-bond acceptors (Lipinski definition) is 2. The number of benzene rings is 1. The van der Waals surface area contributed by atoms with E-state index in [0.29, 0.717) is 18.8 Å². The number of anilines is 1. The van der Waals surface area contributed by atoms with Gasteiger partial charge in [-0.2, -0.15) is 0 Å². The fraction of sp³-hybridized carbons (Fsp3) is 0.364. The van der Waals surface area contributed by atoms with Gasteiger partial charge in [-0.25, -0.2) is 8.78 Å². The molecule has 5 heteroatoms. The number of morpholine rings is 1. The monoisotopic (exact) mass is 227 g/mol. The number of alkyl halides is 2. The number of carbonyl (C=O) groups is 1. The van der Waals surface area contributed by atoms with Gasteiger partial charge in [0.1, 0.15) is 6.61 Å². The fourth-order valence-electron chi connectivity index (χ4n) is 1.62. The second-order valence-electron chi connectivity index (χ2n) is 3.49. The number of nitrogens with zero attached hydrogens (tertiary/aromatic N) is 1. The summed E-state index contributed by atoms with van der Waals surface area (Å²) in [6.07, 6.45) is -2.52. The summed E-state index contributed by atoms with van der Waals surface area (Å²) in [5.74, 6) is -0.197. The summed E-state index contributed by atoms with van der Waals surface area (Å²) >= 11 is 0. The highest BCUT2D eigenvalue weighted by molar-refractivity contribution is 5.94. The number of carbonyl (C=O) groups excluding carboxylic acids is 1. The molecule has 0 spiro atoms. The quantitative estimate of drug-likeness (QED) is 0.773. The number of hydrogen-bond donors (Lipinski definition) is 0. The number of ether oxygens (including phenoxy) is 1. The first-order valence-corrected chi connectivity index (χ1v) is 4.94. The minimum absolute atomic E-state index is 0.0128. The molecule has 1 fully saturated rings. The molecule has 1 aromatic carbocycles. The van der Waals surface area contributed by atoms with E-state index in [0.717, 1.165) is 0 Å². The number of rotatable bonds is 2. The fourth-order valence-corrected chi connectivity index (χ4v) is 1.62. The smallest absolute Gasteiger partial charge is 0.263 e. The molecule has 16 heavy (non-hydrogen) atoms. The molecule has 0 aliphatic carbocycles. The van der Waals surface area contributed by atoms with Crippen LogP contribution in [0.1, 0.15) is 12.0 Å². The van der Waals surface area contributed by atoms with Gasteiger partial charge in [-0.1, -0.05) is 12.1 Å². The zero-order chi connectivity index (χ0) is 11.5. The predicted molar refractivity (Wildman–Crippen MR) is 54.6 cm³/mol. The lowest BCUT2D eigenvalue weighted by atomic mass is 10.2. The lowest BCUT2D eigenvalue weighted by molar-refractivity contribution is -0.125. The van der Waals surface area contributed by atoms with E-state index in [1.165, 1.54) is 23.1 Å². The Morgan fingerprint density at radius 1 is 1.38 bits per heavy atom. The second-order valence-corrected chi connectivity index (χ2v) is 3.49. The maximum absolute atomic E-state index is 12.5. The third-order valence-corrected chi connectivity index (χ3v) is 2.42. The normalized spacial score (nSPS) is 16.9. The van der Waals surface area contributed by atoms with Crippen molar-refractivity contribution in [2.24, 2.45) is 0 Å². The molecule has 0 aromatic heterocycles. The van der Waals surface area contributed by atoms with Gasteiger partial charge in [0.25, 0.3) is 12.3 Å². The lowest BCUT2D eigenvalue weighted by Gasteiger charge is -2.27. The van der Waals surface area contributed by atoms with Crippen LogP contribution in [0.25, 0.3) is 0 Å². The van der Waals surface area contributed by atoms with Crippen molar-refractivity contribution in [3.05, 3.63) is 29.8 Å². The van der Waals surface area contributed by atoms with Gasteiger partial charge in [0.15, 0.2) is 0 Å². The van der Waals surface area contributed by atoms with Crippen LogP contribution in [0.2, 0.25) is 0 Å². The molecule has 0 unspecified atom stereocenters. The molecule has 1 amide bonds. The summed E-state index contributed by atoms with van der Waals surface area (Å²) < 4.78 is 29.9. The Morgan fingerprint density at radius 2 is 2.19 bits per heavy atom. The van der Waals surface area contributed by atoms with Crippen LogP contribution in [0.4, 0.5) is 14.5 Å². The topological polar surface area (TPSA) is 29.5 Å². The largest absolute Gasteiger partial charge is 0.370 e. The highest BCUT2D eigenvalue weighted by Gasteiger charge is 2.20. The Bertz CT molecular complexity index is 395. The van der Waals surface area contributed by atoms with Crippen molar-refractivity contribution in [1.29, 1.82) is 0 Å². The van der Waals surface area contributed by atoms with Gasteiger partial charge in [0.05, 0.1) is 6.61 Å². The Hall–Kier alpha value is -1.49. The van der Waals surface area contributed by atoms with Gasteiger partial charge < -0.3 is 9.64 Å². The van der Waals surface area contributed by atoms with Gasteiger partial charge in [0, 0.05) is 17.8 Å². The highest BCUT2D eigenvalue weighted by atomic mass is 19.3. The molecule has 1 aliphatic heterocycles. The molecule has 3 nitrogen and oxygen atoms in total. The molecule has 1 aliphatic rings. The van der Waals surface area contributed by atoms with Crippen molar-refractivity contribution in [1.82, 2.24) is 0 Å². The maximum atomic E-state index is 12.5. The van der Waals surface area contributed by atoms with E-state index in [-0.39, 0.29) is 18.1 Å². The van der Waals surface area contributed by atoms with Crippen LogP contribution in [0.5, 0.6) is 0 Å². The van der Waals surface area contributed by atoms with Gasteiger partial charge in [-0.3, -0.25) is 4.79 Å². The molecule has 0 N–H and O–H groups in total. The van der Waals surface area contributed by atoms with Crippen molar-refractivity contribution in [3.8, 4) is 0 Å². The molecule has 86 valence electrons. The van der Waals surface area contributed by atoms with Crippen molar-refractivity contribution >= 4 is 11.6 Å². The van der Waals surface area contributed by atoms with E-state index in [1.807, 2.05) is 0 Å². The van der Waals surface area contributed by atoms with Crippen LogP contribution < -0.4 is 4.90 Å². The summed E-state index contributed by atoms with van der Waals surface area (Å²) in [6, 6.07) is 5.86. The summed E-state index contributed by atoms with van der Waals surface area (Å²) in [5.41, 5.74) is 0.433. The Balaban J connectivity index is 2.25. The summed E-state index contributed by atoms with van der Waals surface area (Å²) in [5, 5.41) is 0. The first-order chi connectivity index (χ1) is 7.68. The maximum Gasteiger partial charge on any atom is 0.263 e. The standard InChI is InChI=1S/C11H11F2NO2/c12-11(13)8-2-1-3-9(6-8)14-4-5-16-7-10(14)15/h1-3,6,11H,4-5,7H2. The predicted octanol–water partition coefficient (Wildman–Crippen LogP) is 1.99. The van der Waals surface area contributed by atoms with Gasteiger partial charge in [0.2, 0.25) is 0 Å². The van der Waals surface area contributed by atoms with E-state index < -0.39 is 6.43 Å². The van der Waals surface area contributed by atoms with E-state index in [1.54, 1.807) is 6.07 Å². The van der Waals surface area contributed by atoms with Crippen molar-refractivity contribution in [2.45, 2.75) is 6.43 Å². The van der Waals surface area contributed by atoms with Crippen LogP contribution in [-0.4, -0.2) is 25.7 Å². The molecule has 0 bridgehead atoms. The lowest BCUT2D eigenvalue weighted by Crippen LogP contribution is -2.41. The summed E-state index contributed by atoms with van der Waals surface area (Å²) in [6.45, 7) is 0.856. The third kappa shape index (κ3) is 2.19. The minimum atomic E-state index is -2.52. The van der Waals surface area contributed by atoms with E-state index in [4.69, 9.17) is 4.74 Å². The SMILES string of the molecule is O=C1COCCN1c1cccc(C(F)F)c1. The Morgan fingerprint density at radius 3 is 2.88 bits per heavy atom.